The van der Waals surface area contributed by atoms with Crippen molar-refractivity contribution in [1.29, 1.82) is 0 Å². The average molecular weight is 310 g/mol. The summed E-state index contributed by atoms with van der Waals surface area (Å²) in [6.07, 6.45) is 18.7. The Morgan fingerprint density at radius 1 is 1.39 bits per heavy atom. The molecule has 23 heavy (non-hydrogen) atoms. The standard InChI is InChI=1S/C21H26O2/c1-3-20-11-9-17-16-8-6-15(22)13-14(16)5-7-18(17)19(20)10-12-21(20,23)4-2/h2,5,10,12,16-19,23H,3,6-9,11,13H2,1H3/t16-,17+,18+,19-,20-,21-/m0/s1. The summed E-state index contributed by atoms with van der Waals surface area (Å²) in [7, 11) is 0. The fourth-order valence-corrected chi connectivity index (χ4v) is 6.31. The molecule has 0 amide bonds. The minimum Gasteiger partial charge on any atom is -0.373 e. The van der Waals surface area contributed by atoms with Crippen molar-refractivity contribution in [3.8, 4) is 12.3 Å². The molecule has 0 saturated heterocycles. The molecule has 0 radical (unpaired) electrons. The summed E-state index contributed by atoms with van der Waals surface area (Å²) in [5, 5.41) is 11.0. The van der Waals surface area contributed by atoms with Crippen molar-refractivity contribution in [2.75, 3.05) is 0 Å². The van der Waals surface area contributed by atoms with Crippen LogP contribution in [0.4, 0.5) is 0 Å². The SMILES string of the molecule is C#C[C@]1(O)C=C[C@H]2[C@@H]3CC=C4CC(=O)CC[C@@H]4[C@H]3CC[C@@]21CC. The van der Waals surface area contributed by atoms with Gasteiger partial charge in [-0.15, -0.1) is 6.42 Å². The van der Waals surface area contributed by atoms with Gasteiger partial charge < -0.3 is 5.11 Å². The molecule has 2 heteroatoms. The lowest BCUT2D eigenvalue weighted by Gasteiger charge is -2.55. The second-order valence-corrected chi connectivity index (χ2v) is 8.05. The Bertz CT molecular complexity index is 637. The second kappa shape index (κ2) is 5.08. The van der Waals surface area contributed by atoms with Crippen molar-refractivity contribution in [1.82, 2.24) is 0 Å². The van der Waals surface area contributed by atoms with Gasteiger partial charge in [-0.25, -0.2) is 0 Å². The van der Waals surface area contributed by atoms with Crippen LogP contribution in [0.25, 0.3) is 0 Å². The van der Waals surface area contributed by atoms with Gasteiger partial charge in [-0.2, -0.15) is 0 Å². The third kappa shape index (κ3) is 1.89. The highest BCUT2D eigenvalue weighted by Crippen LogP contribution is 2.63. The maximum absolute atomic E-state index is 11.8. The number of fused-ring (bicyclic) bond motifs is 5. The number of allylic oxidation sites excluding steroid dienone is 3. The van der Waals surface area contributed by atoms with Gasteiger partial charge in [0.15, 0.2) is 0 Å². The maximum Gasteiger partial charge on any atom is 0.149 e. The van der Waals surface area contributed by atoms with E-state index in [0.29, 0.717) is 35.9 Å². The van der Waals surface area contributed by atoms with Crippen LogP contribution in [0.3, 0.4) is 0 Å². The Morgan fingerprint density at radius 3 is 2.96 bits per heavy atom. The number of rotatable bonds is 1. The Kier molecular flexibility index (Phi) is 3.36. The summed E-state index contributed by atoms with van der Waals surface area (Å²) in [5.74, 6) is 5.31. The lowest BCUT2D eigenvalue weighted by Crippen LogP contribution is -2.53. The van der Waals surface area contributed by atoms with Crippen LogP contribution in [-0.2, 0) is 4.79 Å². The third-order valence-corrected chi connectivity index (χ3v) is 7.51. The van der Waals surface area contributed by atoms with Gasteiger partial charge in [0.25, 0.3) is 0 Å². The fraction of sp³-hybridized carbons (Fsp3) is 0.667. The molecule has 0 unspecified atom stereocenters. The summed E-state index contributed by atoms with van der Waals surface area (Å²) in [6.45, 7) is 2.17. The van der Waals surface area contributed by atoms with Gasteiger partial charge in [-0.1, -0.05) is 30.6 Å². The van der Waals surface area contributed by atoms with Crippen LogP contribution in [0.15, 0.2) is 23.8 Å². The number of aliphatic hydroxyl groups is 1. The van der Waals surface area contributed by atoms with Crippen molar-refractivity contribution in [2.45, 2.75) is 57.5 Å². The van der Waals surface area contributed by atoms with Gasteiger partial charge in [-0.3, -0.25) is 4.79 Å². The van der Waals surface area contributed by atoms with E-state index >= 15 is 0 Å². The molecule has 1 N–H and O–H groups in total. The highest BCUT2D eigenvalue weighted by molar-refractivity contribution is 5.82. The molecule has 0 aliphatic heterocycles. The van der Waals surface area contributed by atoms with Crippen LogP contribution in [0.2, 0.25) is 0 Å². The number of hydrogen-bond donors (Lipinski definition) is 1. The molecule has 4 aliphatic carbocycles. The Labute approximate surface area is 139 Å². The predicted molar refractivity (Wildman–Crippen MR) is 90.4 cm³/mol. The summed E-state index contributed by atoms with van der Waals surface area (Å²) in [4.78, 5) is 11.8. The topological polar surface area (TPSA) is 37.3 Å². The Morgan fingerprint density at radius 2 is 2.22 bits per heavy atom. The zero-order chi connectivity index (χ0) is 16.2. The molecule has 0 aromatic carbocycles. The first-order valence-corrected chi connectivity index (χ1v) is 9.15. The number of carbonyl (C=O) groups excluding carboxylic acids is 1. The van der Waals surface area contributed by atoms with Crippen LogP contribution < -0.4 is 0 Å². The molecule has 4 rings (SSSR count). The third-order valence-electron chi connectivity index (χ3n) is 7.51. The van der Waals surface area contributed by atoms with Crippen LogP contribution in [0.1, 0.15) is 51.9 Å². The van der Waals surface area contributed by atoms with Crippen LogP contribution in [0.5, 0.6) is 0 Å². The molecule has 2 nitrogen and oxygen atoms in total. The van der Waals surface area contributed by atoms with E-state index in [4.69, 9.17) is 6.42 Å². The lowest BCUT2D eigenvalue weighted by molar-refractivity contribution is -0.121. The zero-order valence-corrected chi connectivity index (χ0v) is 13.9. The van der Waals surface area contributed by atoms with E-state index in [9.17, 15) is 9.90 Å². The van der Waals surface area contributed by atoms with Crippen LogP contribution in [0, 0.1) is 41.4 Å². The lowest BCUT2D eigenvalue weighted by atomic mass is 9.49. The molecular formula is C21H26O2. The van der Waals surface area contributed by atoms with E-state index in [1.165, 1.54) is 5.57 Å². The van der Waals surface area contributed by atoms with E-state index in [2.05, 4.69) is 25.0 Å². The molecule has 0 aromatic heterocycles. The highest BCUT2D eigenvalue weighted by Gasteiger charge is 2.60. The number of hydrogen-bond acceptors (Lipinski definition) is 2. The first-order valence-electron chi connectivity index (χ1n) is 9.15. The molecule has 6 atom stereocenters. The monoisotopic (exact) mass is 310 g/mol. The maximum atomic E-state index is 11.8. The van der Waals surface area contributed by atoms with E-state index in [-0.39, 0.29) is 5.41 Å². The van der Waals surface area contributed by atoms with Crippen molar-refractivity contribution >= 4 is 5.78 Å². The second-order valence-electron chi connectivity index (χ2n) is 8.05. The van der Waals surface area contributed by atoms with Crippen molar-refractivity contribution in [3.05, 3.63) is 23.8 Å². The van der Waals surface area contributed by atoms with Gasteiger partial charge in [0.1, 0.15) is 11.4 Å². The zero-order valence-electron chi connectivity index (χ0n) is 13.9. The van der Waals surface area contributed by atoms with Gasteiger partial charge in [0.2, 0.25) is 0 Å². The molecule has 4 aliphatic rings. The molecule has 122 valence electrons. The molecule has 0 aromatic rings. The molecular weight excluding hydrogens is 284 g/mol. The van der Waals surface area contributed by atoms with E-state index < -0.39 is 5.60 Å². The molecule has 2 saturated carbocycles. The minimum absolute atomic E-state index is 0.182. The largest absolute Gasteiger partial charge is 0.373 e. The quantitative estimate of drug-likeness (QED) is 0.593. The van der Waals surface area contributed by atoms with Crippen LogP contribution in [-0.4, -0.2) is 16.5 Å². The first-order chi connectivity index (χ1) is 11.0. The normalized spacial score (nSPS) is 48.0. The number of ketones is 1. The highest BCUT2D eigenvalue weighted by atomic mass is 16.3. The van der Waals surface area contributed by atoms with Crippen molar-refractivity contribution in [3.63, 3.8) is 0 Å². The number of carbonyl (C=O) groups is 1. The van der Waals surface area contributed by atoms with Crippen molar-refractivity contribution in [2.24, 2.45) is 29.1 Å². The molecule has 2 fully saturated rings. The predicted octanol–water partition coefficient (Wildman–Crippen LogP) is 3.66. The van der Waals surface area contributed by atoms with Gasteiger partial charge in [0, 0.05) is 18.3 Å². The molecule has 0 bridgehead atoms. The van der Waals surface area contributed by atoms with E-state index in [0.717, 1.165) is 38.5 Å². The van der Waals surface area contributed by atoms with E-state index in [1.54, 1.807) is 0 Å². The summed E-state index contributed by atoms with van der Waals surface area (Å²) >= 11 is 0. The summed E-state index contributed by atoms with van der Waals surface area (Å²) < 4.78 is 0. The number of terminal acetylenes is 1. The summed E-state index contributed by atoms with van der Waals surface area (Å²) in [5.41, 5.74) is 0.142. The van der Waals surface area contributed by atoms with Gasteiger partial charge in [0.05, 0.1) is 0 Å². The Balaban J connectivity index is 1.69. The summed E-state index contributed by atoms with van der Waals surface area (Å²) in [6, 6.07) is 0. The van der Waals surface area contributed by atoms with Crippen molar-refractivity contribution < 1.29 is 9.90 Å². The smallest absolute Gasteiger partial charge is 0.149 e. The first kappa shape index (κ1) is 15.2. The molecule has 0 heterocycles. The minimum atomic E-state index is -1.08. The number of Topliss-reactive ketones (excluding diaryl/α,β-unsaturated/α-hetero) is 1. The Hall–Kier alpha value is -1.33. The fourth-order valence-electron chi connectivity index (χ4n) is 6.31. The van der Waals surface area contributed by atoms with Gasteiger partial charge in [-0.05, 0) is 61.9 Å². The van der Waals surface area contributed by atoms with Crippen LogP contribution >= 0.6 is 0 Å². The average Bonchev–Trinajstić information content (AvgIpc) is 2.88. The molecule has 0 spiro atoms. The van der Waals surface area contributed by atoms with Gasteiger partial charge >= 0.3 is 0 Å². The van der Waals surface area contributed by atoms with E-state index in [1.807, 2.05) is 6.08 Å².